The molecule has 0 bridgehead atoms. The zero-order valence-corrected chi connectivity index (χ0v) is 7.71. The van der Waals surface area contributed by atoms with E-state index in [9.17, 15) is 4.79 Å². The van der Waals surface area contributed by atoms with E-state index < -0.39 is 0 Å². The van der Waals surface area contributed by atoms with Crippen molar-refractivity contribution in [2.45, 2.75) is 6.92 Å². The molecule has 0 radical (unpaired) electrons. The van der Waals surface area contributed by atoms with Crippen molar-refractivity contribution in [3.05, 3.63) is 54.6 Å². The molecule has 0 fully saturated rings. The third-order valence-electron chi connectivity index (χ3n) is 1.91. The van der Waals surface area contributed by atoms with E-state index in [-0.39, 0.29) is 5.78 Å². The van der Waals surface area contributed by atoms with Crippen molar-refractivity contribution >= 4 is 11.4 Å². The van der Waals surface area contributed by atoms with Gasteiger partial charge in [0.05, 0.1) is 0 Å². The zero-order valence-electron chi connectivity index (χ0n) is 7.71. The Morgan fingerprint density at radius 2 is 1.69 bits per heavy atom. The summed E-state index contributed by atoms with van der Waals surface area (Å²) in [6.07, 6.45) is 1.70. The number of hydrogen-bond acceptors (Lipinski definition) is 1. The quantitative estimate of drug-likeness (QED) is 0.505. The maximum atomic E-state index is 11.0. The van der Waals surface area contributed by atoms with Gasteiger partial charge in [0.15, 0.2) is 5.78 Å². The van der Waals surface area contributed by atoms with E-state index in [1.54, 1.807) is 25.1 Å². The molecule has 0 aliphatic rings. The highest BCUT2D eigenvalue weighted by molar-refractivity contribution is 5.94. The molecule has 0 heterocycles. The molecule has 0 atom stereocenters. The summed E-state index contributed by atoms with van der Waals surface area (Å²) in [5.41, 5.74) is 2.59. The van der Waals surface area contributed by atoms with E-state index in [4.69, 9.17) is 0 Å². The maximum Gasteiger partial charge on any atom is 0.159 e. The molecule has 1 rings (SSSR count). The van der Waals surface area contributed by atoms with E-state index in [1.807, 2.05) is 12.1 Å². The summed E-state index contributed by atoms with van der Waals surface area (Å²) < 4.78 is 0. The average Bonchev–Trinajstić information content (AvgIpc) is 2.17. The lowest BCUT2D eigenvalue weighted by atomic mass is 10.0. The Balaban J connectivity index is 3.00. The molecule has 0 amide bonds. The topological polar surface area (TPSA) is 17.1 Å². The molecule has 1 nitrogen and oxygen atoms in total. The molecule has 13 heavy (non-hydrogen) atoms. The van der Waals surface area contributed by atoms with E-state index in [1.165, 1.54) is 0 Å². The molecular formula is C12H12O. The molecule has 0 saturated carbocycles. The molecule has 0 aliphatic heterocycles. The SMILES string of the molecule is C=CC(=C)c1ccc(C(C)=O)cc1. The lowest BCUT2D eigenvalue weighted by Gasteiger charge is -2.00. The Morgan fingerprint density at radius 3 is 2.08 bits per heavy atom. The number of hydrogen-bond donors (Lipinski definition) is 0. The van der Waals surface area contributed by atoms with Crippen LogP contribution < -0.4 is 0 Å². The first-order valence-electron chi connectivity index (χ1n) is 4.08. The second-order valence-electron chi connectivity index (χ2n) is 2.86. The fourth-order valence-corrected chi connectivity index (χ4v) is 1.04. The number of carbonyl (C=O) groups is 1. The van der Waals surface area contributed by atoms with Crippen LogP contribution in [-0.4, -0.2) is 5.78 Å². The van der Waals surface area contributed by atoms with Gasteiger partial charge in [-0.25, -0.2) is 0 Å². The van der Waals surface area contributed by atoms with Crippen LogP contribution in [0.5, 0.6) is 0 Å². The van der Waals surface area contributed by atoms with E-state index in [0.29, 0.717) is 0 Å². The summed E-state index contributed by atoms with van der Waals surface area (Å²) >= 11 is 0. The van der Waals surface area contributed by atoms with Crippen molar-refractivity contribution < 1.29 is 4.79 Å². The summed E-state index contributed by atoms with van der Waals surface area (Å²) in [4.78, 5) is 11.0. The van der Waals surface area contributed by atoms with Crippen molar-refractivity contribution in [1.82, 2.24) is 0 Å². The Kier molecular flexibility index (Phi) is 2.80. The molecule has 1 heteroatoms. The zero-order chi connectivity index (χ0) is 9.84. The molecule has 1 aromatic rings. The smallest absolute Gasteiger partial charge is 0.159 e. The first kappa shape index (κ1) is 9.46. The molecule has 0 unspecified atom stereocenters. The van der Waals surface area contributed by atoms with Gasteiger partial charge in [0.2, 0.25) is 0 Å². The third kappa shape index (κ3) is 2.15. The summed E-state index contributed by atoms with van der Waals surface area (Å²) in [5.74, 6) is 0.0794. The Bertz CT molecular complexity index is 344. The highest BCUT2D eigenvalue weighted by atomic mass is 16.1. The van der Waals surface area contributed by atoms with Gasteiger partial charge in [-0.3, -0.25) is 4.79 Å². The van der Waals surface area contributed by atoms with Gasteiger partial charge in [-0.15, -0.1) is 0 Å². The van der Waals surface area contributed by atoms with E-state index in [0.717, 1.165) is 16.7 Å². The standard InChI is InChI=1S/C12H12O/c1-4-9(2)11-5-7-12(8-6-11)10(3)13/h4-8H,1-2H2,3H3. The van der Waals surface area contributed by atoms with Crippen LogP contribution in [0.1, 0.15) is 22.8 Å². The molecule has 66 valence electrons. The number of benzene rings is 1. The predicted octanol–water partition coefficient (Wildman–Crippen LogP) is 3.09. The van der Waals surface area contributed by atoms with Crippen LogP contribution in [0, 0.1) is 0 Å². The van der Waals surface area contributed by atoms with Crippen molar-refractivity contribution in [1.29, 1.82) is 0 Å². The van der Waals surface area contributed by atoms with E-state index >= 15 is 0 Å². The summed E-state index contributed by atoms with van der Waals surface area (Å²) in [6.45, 7) is 9.00. The lowest BCUT2D eigenvalue weighted by molar-refractivity contribution is 0.101. The second kappa shape index (κ2) is 3.85. The largest absolute Gasteiger partial charge is 0.295 e. The predicted molar refractivity (Wildman–Crippen MR) is 55.7 cm³/mol. The van der Waals surface area contributed by atoms with Crippen molar-refractivity contribution in [3.63, 3.8) is 0 Å². The van der Waals surface area contributed by atoms with Crippen LogP contribution in [0.25, 0.3) is 5.57 Å². The number of rotatable bonds is 3. The highest BCUT2D eigenvalue weighted by Crippen LogP contribution is 2.13. The lowest BCUT2D eigenvalue weighted by Crippen LogP contribution is -1.91. The highest BCUT2D eigenvalue weighted by Gasteiger charge is 1.98. The van der Waals surface area contributed by atoms with Gasteiger partial charge in [0, 0.05) is 5.56 Å². The fourth-order valence-electron chi connectivity index (χ4n) is 1.04. The third-order valence-corrected chi connectivity index (χ3v) is 1.91. The van der Waals surface area contributed by atoms with Gasteiger partial charge >= 0.3 is 0 Å². The summed E-state index contributed by atoms with van der Waals surface area (Å²) in [7, 11) is 0. The van der Waals surface area contributed by atoms with Gasteiger partial charge in [0.25, 0.3) is 0 Å². The van der Waals surface area contributed by atoms with Crippen LogP contribution in [0.15, 0.2) is 43.5 Å². The molecule has 0 spiro atoms. The molecule has 0 aromatic heterocycles. The van der Waals surface area contributed by atoms with Crippen LogP contribution in [0.4, 0.5) is 0 Å². The second-order valence-corrected chi connectivity index (χ2v) is 2.86. The molecule has 0 saturated heterocycles. The van der Waals surface area contributed by atoms with Crippen molar-refractivity contribution in [2.24, 2.45) is 0 Å². The fraction of sp³-hybridized carbons (Fsp3) is 0.0833. The maximum absolute atomic E-state index is 11.0. The first-order valence-corrected chi connectivity index (χ1v) is 4.08. The monoisotopic (exact) mass is 172 g/mol. The number of ketones is 1. The minimum absolute atomic E-state index is 0.0794. The Hall–Kier alpha value is -1.63. The minimum atomic E-state index is 0.0794. The van der Waals surface area contributed by atoms with Gasteiger partial charge in [-0.2, -0.15) is 0 Å². The molecule has 0 N–H and O–H groups in total. The van der Waals surface area contributed by atoms with Crippen molar-refractivity contribution in [2.75, 3.05) is 0 Å². The van der Waals surface area contributed by atoms with Gasteiger partial charge in [0.1, 0.15) is 0 Å². The van der Waals surface area contributed by atoms with E-state index in [2.05, 4.69) is 13.2 Å². The molecule has 0 aliphatic carbocycles. The Morgan fingerprint density at radius 1 is 1.23 bits per heavy atom. The van der Waals surface area contributed by atoms with Crippen LogP contribution >= 0.6 is 0 Å². The molecular weight excluding hydrogens is 160 g/mol. The van der Waals surface area contributed by atoms with Gasteiger partial charge in [-0.1, -0.05) is 43.5 Å². The Labute approximate surface area is 78.4 Å². The normalized spacial score (nSPS) is 9.31. The number of allylic oxidation sites excluding steroid dienone is 2. The summed E-state index contributed by atoms with van der Waals surface area (Å²) in [5, 5.41) is 0. The molecule has 1 aromatic carbocycles. The number of carbonyl (C=O) groups excluding carboxylic acids is 1. The summed E-state index contributed by atoms with van der Waals surface area (Å²) in [6, 6.07) is 7.35. The van der Waals surface area contributed by atoms with Crippen molar-refractivity contribution in [3.8, 4) is 0 Å². The average molecular weight is 172 g/mol. The van der Waals surface area contributed by atoms with Gasteiger partial charge in [-0.05, 0) is 18.1 Å². The minimum Gasteiger partial charge on any atom is -0.295 e. The number of Topliss-reactive ketones (excluding diaryl/α,β-unsaturated/α-hetero) is 1. The van der Waals surface area contributed by atoms with Gasteiger partial charge < -0.3 is 0 Å². The van der Waals surface area contributed by atoms with Crippen LogP contribution in [0.3, 0.4) is 0 Å². The van der Waals surface area contributed by atoms with Crippen LogP contribution in [-0.2, 0) is 0 Å². The first-order chi connectivity index (χ1) is 6.15. The van der Waals surface area contributed by atoms with Crippen LogP contribution in [0.2, 0.25) is 0 Å².